The minimum absolute atomic E-state index is 0.0561. The molecule has 0 heterocycles. The second kappa shape index (κ2) is 8.53. The average Bonchev–Trinajstić information content (AvgIpc) is 2.42. The van der Waals surface area contributed by atoms with Crippen LogP contribution in [0.15, 0.2) is 18.2 Å². The lowest BCUT2D eigenvalue weighted by molar-refractivity contribution is 0.268. The predicted octanol–water partition coefficient (Wildman–Crippen LogP) is 2.82. The fourth-order valence-electron chi connectivity index (χ4n) is 2.82. The van der Waals surface area contributed by atoms with Crippen molar-refractivity contribution in [3.63, 3.8) is 0 Å². The quantitative estimate of drug-likeness (QED) is 0.713. The summed E-state index contributed by atoms with van der Waals surface area (Å²) in [6, 6.07) is 5.14. The van der Waals surface area contributed by atoms with E-state index >= 15 is 0 Å². The van der Waals surface area contributed by atoms with Gasteiger partial charge < -0.3 is 10.1 Å². The van der Waals surface area contributed by atoms with Crippen molar-refractivity contribution in [1.82, 2.24) is 10.0 Å². The maximum absolute atomic E-state index is 11.4. The zero-order valence-corrected chi connectivity index (χ0v) is 15.3. The van der Waals surface area contributed by atoms with E-state index in [1.165, 1.54) is 6.26 Å². The Morgan fingerprint density at radius 2 is 1.74 bits per heavy atom. The van der Waals surface area contributed by atoms with Gasteiger partial charge in [0, 0.05) is 28.7 Å². The van der Waals surface area contributed by atoms with E-state index in [0.29, 0.717) is 28.9 Å². The van der Waals surface area contributed by atoms with Crippen LogP contribution < -0.4 is 14.8 Å². The highest BCUT2D eigenvalue weighted by Crippen LogP contribution is 2.24. The second-order valence-electron chi connectivity index (χ2n) is 5.80. The van der Waals surface area contributed by atoms with Gasteiger partial charge in [0.25, 0.3) is 0 Å². The first-order chi connectivity index (χ1) is 10.8. The largest absolute Gasteiger partial charge is 0.492 e. The van der Waals surface area contributed by atoms with Crippen LogP contribution in [0.25, 0.3) is 0 Å². The van der Waals surface area contributed by atoms with Crippen molar-refractivity contribution in [3.05, 3.63) is 28.2 Å². The Labute approximate surface area is 147 Å². The Morgan fingerprint density at radius 3 is 2.35 bits per heavy atom. The van der Waals surface area contributed by atoms with Gasteiger partial charge in [-0.15, -0.1) is 0 Å². The van der Waals surface area contributed by atoms with Crippen molar-refractivity contribution in [3.8, 4) is 5.75 Å². The zero-order chi connectivity index (χ0) is 16.9. The van der Waals surface area contributed by atoms with E-state index in [2.05, 4.69) is 10.0 Å². The summed E-state index contributed by atoms with van der Waals surface area (Å²) in [6.45, 7) is 1.08. The normalized spacial score (nSPS) is 22.0. The van der Waals surface area contributed by atoms with E-state index in [1.807, 2.05) is 0 Å². The molecule has 23 heavy (non-hydrogen) atoms. The molecule has 1 fully saturated rings. The van der Waals surface area contributed by atoms with Crippen LogP contribution in [0, 0.1) is 0 Å². The van der Waals surface area contributed by atoms with Crippen LogP contribution in [0.2, 0.25) is 10.0 Å². The summed E-state index contributed by atoms with van der Waals surface area (Å²) in [4.78, 5) is 0. The maximum Gasteiger partial charge on any atom is 0.209 e. The summed E-state index contributed by atoms with van der Waals surface area (Å²) in [5.41, 5.74) is 0. The standard InChI is InChI=1S/C15H22Cl2N2O3S/c1-23(20,21)19-15-5-3-2-4-14(15)18-6-7-22-13-9-11(16)8-12(17)10-13/h8-10,14-15,18-19H,2-7H2,1H3/t14-,15+/m1/s1. The number of rotatable bonds is 7. The van der Waals surface area contributed by atoms with Gasteiger partial charge in [-0.3, -0.25) is 0 Å². The molecule has 1 aliphatic carbocycles. The molecule has 1 saturated carbocycles. The summed E-state index contributed by atoms with van der Waals surface area (Å²) >= 11 is 11.8. The molecule has 1 aliphatic rings. The number of nitrogens with one attached hydrogen (secondary N) is 2. The third-order valence-electron chi connectivity index (χ3n) is 3.74. The molecular formula is C15H22Cl2N2O3S. The third-order valence-corrected chi connectivity index (χ3v) is 4.91. The van der Waals surface area contributed by atoms with Crippen molar-refractivity contribution in [2.75, 3.05) is 19.4 Å². The zero-order valence-electron chi connectivity index (χ0n) is 13.0. The number of sulfonamides is 1. The van der Waals surface area contributed by atoms with E-state index in [-0.39, 0.29) is 12.1 Å². The van der Waals surface area contributed by atoms with Crippen molar-refractivity contribution in [2.24, 2.45) is 0 Å². The maximum atomic E-state index is 11.4. The summed E-state index contributed by atoms with van der Waals surface area (Å²) < 4.78 is 31.2. The Bertz CT molecular complexity index is 605. The van der Waals surface area contributed by atoms with Crippen molar-refractivity contribution < 1.29 is 13.2 Å². The summed E-state index contributed by atoms with van der Waals surface area (Å²) in [5, 5.41) is 4.44. The van der Waals surface area contributed by atoms with Gasteiger partial charge >= 0.3 is 0 Å². The molecule has 2 rings (SSSR count). The first-order valence-electron chi connectivity index (χ1n) is 7.63. The highest BCUT2D eigenvalue weighted by Gasteiger charge is 2.26. The lowest BCUT2D eigenvalue weighted by Crippen LogP contribution is -2.52. The second-order valence-corrected chi connectivity index (χ2v) is 8.45. The molecule has 2 atom stereocenters. The molecule has 5 nitrogen and oxygen atoms in total. The number of hydrogen-bond acceptors (Lipinski definition) is 4. The molecule has 2 N–H and O–H groups in total. The van der Waals surface area contributed by atoms with E-state index in [4.69, 9.17) is 27.9 Å². The van der Waals surface area contributed by atoms with Gasteiger partial charge in [0.05, 0.1) is 6.26 Å². The summed E-state index contributed by atoms with van der Waals surface area (Å²) in [6.07, 6.45) is 5.16. The smallest absolute Gasteiger partial charge is 0.209 e. The van der Waals surface area contributed by atoms with Crippen LogP contribution in [-0.4, -0.2) is 39.9 Å². The van der Waals surface area contributed by atoms with Crippen LogP contribution in [0.5, 0.6) is 5.75 Å². The molecule has 0 bridgehead atoms. The van der Waals surface area contributed by atoms with Gasteiger partial charge in [-0.05, 0) is 31.0 Å². The molecule has 0 unspecified atom stereocenters. The van der Waals surface area contributed by atoms with E-state index in [9.17, 15) is 8.42 Å². The Kier molecular flexibility index (Phi) is 6.98. The Morgan fingerprint density at radius 1 is 1.13 bits per heavy atom. The lowest BCUT2D eigenvalue weighted by atomic mass is 9.91. The van der Waals surface area contributed by atoms with Gasteiger partial charge in [-0.2, -0.15) is 0 Å². The van der Waals surface area contributed by atoms with Gasteiger partial charge in [0.1, 0.15) is 12.4 Å². The van der Waals surface area contributed by atoms with E-state index in [1.54, 1.807) is 18.2 Å². The molecule has 0 amide bonds. The van der Waals surface area contributed by atoms with Crippen molar-refractivity contribution in [1.29, 1.82) is 0 Å². The molecule has 0 aromatic heterocycles. The van der Waals surface area contributed by atoms with Gasteiger partial charge in [0.15, 0.2) is 0 Å². The molecule has 1 aromatic rings. The molecule has 8 heteroatoms. The first-order valence-corrected chi connectivity index (χ1v) is 10.3. The van der Waals surface area contributed by atoms with Crippen LogP contribution in [0.3, 0.4) is 0 Å². The third kappa shape index (κ3) is 6.85. The molecule has 0 radical (unpaired) electrons. The highest BCUT2D eigenvalue weighted by atomic mass is 35.5. The minimum Gasteiger partial charge on any atom is -0.492 e. The van der Waals surface area contributed by atoms with Crippen molar-refractivity contribution >= 4 is 33.2 Å². The molecule has 130 valence electrons. The minimum atomic E-state index is -3.19. The fourth-order valence-corrected chi connectivity index (χ4v) is 4.15. The van der Waals surface area contributed by atoms with Gasteiger partial charge in [-0.1, -0.05) is 36.0 Å². The summed E-state index contributed by atoms with van der Waals surface area (Å²) in [5.74, 6) is 0.624. The monoisotopic (exact) mass is 380 g/mol. The lowest BCUT2D eigenvalue weighted by Gasteiger charge is -2.32. The van der Waals surface area contributed by atoms with E-state index in [0.717, 1.165) is 25.7 Å². The van der Waals surface area contributed by atoms with Crippen LogP contribution in [0.1, 0.15) is 25.7 Å². The summed E-state index contributed by atoms with van der Waals surface area (Å²) in [7, 11) is -3.19. The fraction of sp³-hybridized carbons (Fsp3) is 0.600. The van der Waals surface area contributed by atoms with Crippen LogP contribution in [-0.2, 0) is 10.0 Å². The number of benzene rings is 1. The number of ether oxygens (including phenoxy) is 1. The average molecular weight is 381 g/mol. The number of hydrogen-bond donors (Lipinski definition) is 2. The Hall–Kier alpha value is -0.530. The van der Waals surface area contributed by atoms with Gasteiger partial charge in [-0.25, -0.2) is 13.1 Å². The van der Waals surface area contributed by atoms with Gasteiger partial charge in [0.2, 0.25) is 10.0 Å². The van der Waals surface area contributed by atoms with Crippen molar-refractivity contribution in [2.45, 2.75) is 37.8 Å². The molecule has 0 spiro atoms. The molecule has 0 aliphatic heterocycles. The first kappa shape index (κ1) is 18.8. The molecule has 1 aromatic carbocycles. The predicted molar refractivity (Wildman–Crippen MR) is 94.0 cm³/mol. The number of halogens is 2. The molecular weight excluding hydrogens is 359 g/mol. The topological polar surface area (TPSA) is 67.4 Å². The van der Waals surface area contributed by atoms with Crippen LogP contribution in [0.4, 0.5) is 0 Å². The van der Waals surface area contributed by atoms with E-state index < -0.39 is 10.0 Å². The SMILES string of the molecule is CS(=O)(=O)N[C@H]1CCCC[C@H]1NCCOc1cc(Cl)cc(Cl)c1. The molecule has 0 saturated heterocycles. The van der Waals surface area contributed by atoms with Crippen LogP contribution >= 0.6 is 23.2 Å². The Balaban J connectivity index is 1.79. The highest BCUT2D eigenvalue weighted by molar-refractivity contribution is 7.88.